The Morgan fingerprint density at radius 1 is 1.53 bits per heavy atom. The Morgan fingerprint density at radius 2 is 2.24 bits per heavy atom. The first-order chi connectivity index (χ1) is 8.04. The van der Waals surface area contributed by atoms with E-state index in [4.69, 9.17) is 14.6 Å². The summed E-state index contributed by atoms with van der Waals surface area (Å²) in [4.78, 5) is 10.2. The van der Waals surface area contributed by atoms with Gasteiger partial charge in [-0.25, -0.2) is 4.79 Å². The number of aliphatic carboxylic acids is 1. The minimum absolute atomic E-state index is 0.0722. The van der Waals surface area contributed by atoms with Crippen LogP contribution in [0.15, 0.2) is 22.7 Å². The van der Waals surface area contributed by atoms with Crippen LogP contribution in [0.2, 0.25) is 0 Å². The Kier molecular flexibility index (Phi) is 5.40. The van der Waals surface area contributed by atoms with Crippen molar-refractivity contribution in [2.45, 2.75) is 6.10 Å². The fourth-order valence-corrected chi connectivity index (χ4v) is 1.87. The number of carboxylic acids is 1. The zero-order valence-electron chi connectivity index (χ0n) is 9.22. The summed E-state index contributed by atoms with van der Waals surface area (Å²) in [6, 6.07) is 5.12. The molecule has 0 spiro atoms. The molecule has 0 saturated heterocycles. The lowest BCUT2D eigenvalue weighted by molar-refractivity contribution is -0.143. The van der Waals surface area contributed by atoms with Gasteiger partial charge in [0.25, 0.3) is 0 Å². The van der Waals surface area contributed by atoms with E-state index < -0.39 is 18.7 Å². The highest BCUT2D eigenvalue weighted by atomic mass is 79.9. The fraction of sp³-hybridized carbons (Fsp3) is 0.364. The molecule has 0 radical (unpaired) electrons. The van der Waals surface area contributed by atoms with Crippen LogP contribution in [0.3, 0.4) is 0 Å². The van der Waals surface area contributed by atoms with Crippen LogP contribution in [-0.2, 0) is 9.53 Å². The van der Waals surface area contributed by atoms with Crippen LogP contribution >= 0.6 is 15.9 Å². The normalized spacial score (nSPS) is 12.2. The molecule has 0 aliphatic heterocycles. The smallest absolute Gasteiger partial charge is 0.329 e. The van der Waals surface area contributed by atoms with E-state index in [0.29, 0.717) is 15.8 Å². The van der Waals surface area contributed by atoms with E-state index in [1.54, 1.807) is 25.3 Å². The molecule has 0 bridgehead atoms. The fourth-order valence-electron chi connectivity index (χ4n) is 1.25. The van der Waals surface area contributed by atoms with Crippen molar-refractivity contribution in [1.29, 1.82) is 0 Å². The number of halogens is 1. The summed E-state index contributed by atoms with van der Waals surface area (Å²) in [5, 5.41) is 18.2. The van der Waals surface area contributed by atoms with Crippen LogP contribution in [0.5, 0.6) is 5.75 Å². The summed E-state index contributed by atoms with van der Waals surface area (Å²) in [6.07, 6.45) is -0.880. The summed E-state index contributed by atoms with van der Waals surface area (Å²) >= 11 is 3.30. The Morgan fingerprint density at radius 3 is 2.76 bits per heavy atom. The second kappa shape index (κ2) is 6.58. The first-order valence-electron chi connectivity index (χ1n) is 4.85. The maximum atomic E-state index is 10.2. The van der Waals surface area contributed by atoms with Crippen LogP contribution in [0, 0.1) is 0 Å². The Bertz CT molecular complexity index is 393. The van der Waals surface area contributed by atoms with Gasteiger partial charge in [0.15, 0.2) is 0 Å². The number of hydrogen-bond donors (Lipinski definition) is 2. The minimum Gasteiger partial charge on any atom is -0.497 e. The number of ether oxygens (including phenoxy) is 2. The number of benzene rings is 1. The van der Waals surface area contributed by atoms with Gasteiger partial charge in [0.05, 0.1) is 13.7 Å². The molecule has 6 heteroatoms. The lowest BCUT2D eigenvalue weighted by atomic mass is 10.1. The average Bonchev–Trinajstić information content (AvgIpc) is 2.28. The number of carbonyl (C=O) groups is 1. The largest absolute Gasteiger partial charge is 0.497 e. The van der Waals surface area contributed by atoms with Crippen LogP contribution in [0.25, 0.3) is 0 Å². The molecular formula is C11H13BrO5. The Balaban J connectivity index is 2.62. The van der Waals surface area contributed by atoms with E-state index in [9.17, 15) is 9.90 Å². The number of hydrogen-bond acceptors (Lipinski definition) is 4. The third kappa shape index (κ3) is 4.33. The highest BCUT2D eigenvalue weighted by Gasteiger charge is 2.12. The monoisotopic (exact) mass is 304 g/mol. The van der Waals surface area contributed by atoms with E-state index in [1.807, 2.05) is 0 Å². The summed E-state index contributed by atoms with van der Waals surface area (Å²) in [7, 11) is 1.55. The van der Waals surface area contributed by atoms with Crippen molar-refractivity contribution >= 4 is 21.9 Å². The van der Waals surface area contributed by atoms with Gasteiger partial charge < -0.3 is 19.7 Å². The van der Waals surface area contributed by atoms with E-state index in [1.165, 1.54) is 0 Å². The third-order valence-corrected chi connectivity index (χ3v) is 2.75. The van der Waals surface area contributed by atoms with Gasteiger partial charge in [-0.1, -0.05) is 22.0 Å². The first-order valence-corrected chi connectivity index (χ1v) is 5.65. The molecule has 0 amide bonds. The molecule has 0 aromatic heterocycles. The SMILES string of the molecule is COc1ccc(C(O)COCC(=O)O)c(Br)c1. The predicted molar refractivity (Wildman–Crippen MR) is 64.1 cm³/mol. The Labute approximate surface area is 107 Å². The molecular weight excluding hydrogens is 292 g/mol. The average molecular weight is 305 g/mol. The highest BCUT2D eigenvalue weighted by molar-refractivity contribution is 9.10. The molecule has 0 aliphatic rings. The highest BCUT2D eigenvalue weighted by Crippen LogP contribution is 2.27. The lowest BCUT2D eigenvalue weighted by Crippen LogP contribution is -2.13. The zero-order valence-corrected chi connectivity index (χ0v) is 10.8. The number of aliphatic hydroxyl groups excluding tert-OH is 1. The standard InChI is InChI=1S/C11H13BrO5/c1-16-7-2-3-8(9(12)4-7)10(13)5-17-6-11(14)15/h2-4,10,13H,5-6H2,1H3,(H,14,15). The zero-order chi connectivity index (χ0) is 12.8. The van der Waals surface area contributed by atoms with Gasteiger partial charge in [0, 0.05) is 4.47 Å². The van der Waals surface area contributed by atoms with Crippen LogP contribution in [0.1, 0.15) is 11.7 Å². The molecule has 1 atom stereocenters. The summed E-state index contributed by atoms with van der Waals surface area (Å²) in [6.45, 7) is -0.498. The summed E-state index contributed by atoms with van der Waals surface area (Å²) in [5.41, 5.74) is 0.621. The quantitative estimate of drug-likeness (QED) is 0.835. The topological polar surface area (TPSA) is 76.0 Å². The molecule has 0 heterocycles. The third-order valence-electron chi connectivity index (χ3n) is 2.07. The number of carboxylic acid groups (broad SMARTS) is 1. The predicted octanol–water partition coefficient (Wildman–Crippen LogP) is 1.59. The minimum atomic E-state index is -1.06. The maximum Gasteiger partial charge on any atom is 0.329 e. The molecule has 0 fully saturated rings. The molecule has 94 valence electrons. The molecule has 0 saturated carbocycles. The van der Waals surface area contributed by atoms with Gasteiger partial charge >= 0.3 is 5.97 Å². The van der Waals surface area contributed by atoms with Crippen molar-refractivity contribution < 1.29 is 24.5 Å². The van der Waals surface area contributed by atoms with Crippen LogP contribution < -0.4 is 4.74 Å². The maximum absolute atomic E-state index is 10.2. The molecule has 2 N–H and O–H groups in total. The molecule has 5 nitrogen and oxygen atoms in total. The molecule has 1 aromatic carbocycles. The van der Waals surface area contributed by atoms with Crippen LogP contribution in [0.4, 0.5) is 0 Å². The molecule has 1 unspecified atom stereocenters. The van der Waals surface area contributed by atoms with Crippen molar-refractivity contribution in [3.63, 3.8) is 0 Å². The van der Waals surface area contributed by atoms with Gasteiger partial charge in [-0.15, -0.1) is 0 Å². The number of methoxy groups -OCH3 is 1. The van der Waals surface area contributed by atoms with Crippen molar-refractivity contribution in [2.24, 2.45) is 0 Å². The summed E-state index contributed by atoms with van der Waals surface area (Å²) < 4.78 is 10.5. The molecule has 0 aliphatic carbocycles. The van der Waals surface area contributed by atoms with Crippen molar-refractivity contribution in [3.05, 3.63) is 28.2 Å². The summed E-state index contributed by atoms with van der Waals surface area (Å²) in [5.74, 6) is -0.398. The number of rotatable bonds is 6. The number of aliphatic hydroxyl groups is 1. The van der Waals surface area contributed by atoms with Crippen LogP contribution in [-0.4, -0.2) is 36.5 Å². The van der Waals surface area contributed by atoms with Gasteiger partial charge in [0.2, 0.25) is 0 Å². The van der Waals surface area contributed by atoms with E-state index in [0.717, 1.165) is 0 Å². The van der Waals surface area contributed by atoms with Gasteiger partial charge in [0.1, 0.15) is 18.5 Å². The first kappa shape index (κ1) is 14.0. The van der Waals surface area contributed by atoms with Gasteiger partial charge in [-0.05, 0) is 17.7 Å². The lowest BCUT2D eigenvalue weighted by Gasteiger charge is -2.13. The van der Waals surface area contributed by atoms with E-state index >= 15 is 0 Å². The van der Waals surface area contributed by atoms with E-state index in [2.05, 4.69) is 15.9 Å². The van der Waals surface area contributed by atoms with Crippen molar-refractivity contribution in [2.75, 3.05) is 20.3 Å². The molecule has 1 rings (SSSR count). The second-order valence-electron chi connectivity index (χ2n) is 3.31. The molecule has 1 aromatic rings. The Hall–Kier alpha value is -1.11. The molecule has 17 heavy (non-hydrogen) atoms. The van der Waals surface area contributed by atoms with Crippen molar-refractivity contribution in [3.8, 4) is 5.75 Å². The van der Waals surface area contributed by atoms with E-state index in [-0.39, 0.29) is 6.61 Å². The second-order valence-corrected chi connectivity index (χ2v) is 4.17. The van der Waals surface area contributed by atoms with Gasteiger partial charge in [-0.2, -0.15) is 0 Å². The van der Waals surface area contributed by atoms with Gasteiger partial charge in [-0.3, -0.25) is 0 Å². The van der Waals surface area contributed by atoms with Crippen molar-refractivity contribution in [1.82, 2.24) is 0 Å².